The lowest BCUT2D eigenvalue weighted by atomic mass is 10.1. The molecule has 0 saturated carbocycles. The fourth-order valence-electron chi connectivity index (χ4n) is 12.9. The minimum atomic E-state index is -4.55. The van der Waals surface area contributed by atoms with Gasteiger partial charge in [0.05, 0.1) is 45.4 Å². The largest absolute Gasteiger partial charge is 0.459 e. The second kappa shape index (κ2) is 49.9. The van der Waals surface area contributed by atoms with E-state index in [4.69, 9.17) is 28.4 Å². The molecule has 0 aromatic heterocycles. The van der Waals surface area contributed by atoms with Gasteiger partial charge in [-0.3, -0.25) is 0 Å². The summed E-state index contributed by atoms with van der Waals surface area (Å²) in [4.78, 5) is 81.4. The van der Waals surface area contributed by atoms with Crippen LogP contribution in [0.4, 0.5) is 87.8 Å². The number of hydrogen-bond donors (Lipinski definition) is 7. The number of carbonyl (C=O) groups is 7. The van der Waals surface area contributed by atoms with Crippen molar-refractivity contribution in [2.45, 2.75) is 177 Å². The first-order chi connectivity index (χ1) is 59.6. The summed E-state index contributed by atoms with van der Waals surface area (Å²) in [6.45, 7) is 12.4. The molecule has 7 aliphatic rings. The first-order valence-corrected chi connectivity index (χ1v) is 40.3. The summed E-state index contributed by atoms with van der Waals surface area (Å²) in [7, 11) is 0. The van der Waals surface area contributed by atoms with E-state index in [-0.39, 0.29) is 47.6 Å². The van der Waals surface area contributed by atoms with Crippen molar-refractivity contribution >= 4 is 41.8 Å². The molecule has 7 fully saturated rings. The molecule has 6 aromatic rings. The highest BCUT2D eigenvalue weighted by Gasteiger charge is 2.49. The molecular formula is C85H95F20N7O14. The second-order valence-corrected chi connectivity index (χ2v) is 29.7. The van der Waals surface area contributed by atoms with Gasteiger partial charge in [-0.25, -0.2) is 86.2 Å². The molecule has 7 saturated heterocycles. The van der Waals surface area contributed by atoms with Crippen molar-refractivity contribution in [3.8, 4) is 0 Å². The molecular weight excluding hydrogens is 1720 g/mol. The number of rotatable bonds is 16. The molecule has 0 atom stereocenters. The third kappa shape index (κ3) is 34.3. The standard InChI is InChI=1S/2C13H14F3NO2.C13H17NO2.C12H11F4NO2.2C12H12F3NO2.C10H15F4NO2/c14-13(15,16)10-3-1-2-9(8-10)12(18)19-11-4-6-17-7-5-11;14-13(15,16)11-4-2-1-3-10(11)12(18)19-9-5-7-17-8-6-9;1-10-2-4-11(5-3-10)13(15)16-12-6-8-14-9-7-12;13-8-5-7(9(14)11(16)10(8)15)12(18)19-6-1-3-17-4-2-6;13-9-5-7(6-10(14)11(9)15)12(17)18-8-1-3-16-4-2-8;13-9-2-1-8(10(14)11(9)15)12(17)18-7-3-5-16-6-4-7;1-9(11,12)6-10(13,14)8(16)17-7-2-4-15-5-3-7/h1-3,8,11,17H,4-7H2;1-4,9,17H,5-8H2;2-5,12,14H,6-9H2,1H3;5-6,17H,1-4H2;5-6,8,16H,1-4H2;1-2,7,16H,3-6H2;7,15H,2-6H2,1H3. The monoisotopic (exact) mass is 1820 g/mol. The summed E-state index contributed by atoms with van der Waals surface area (Å²) in [6.07, 6.45) is -4.01. The van der Waals surface area contributed by atoms with Gasteiger partial charge in [0.1, 0.15) is 48.3 Å². The Morgan fingerprint density at radius 3 is 1.02 bits per heavy atom. The van der Waals surface area contributed by atoms with Crippen LogP contribution in [0.1, 0.15) is 182 Å². The van der Waals surface area contributed by atoms with Crippen LogP contribution in [0.2, 0.25) is 0 Å². The van der Waals surface area contributed by atoms with E-state index in [9.17, 15) is 121 Å². The molecule has 0 unspecified atom stereocenters. The minimum absolute atomic E-state index is 0.0617. The maximum Gasteiger partial charge on any atom is 0.417 e. The van der Waals surface area contributed by atoms with Crippen LogP contribution in [0.5, 0.6) is 0 Å². The van der Waals surface area contributed by atoms with E-state index < -0.39 is 165 Å². The van der Waals surface area contributed by atoms with E-state index in [1.807, 2.05) is 31.2 Å². The van der Waals surface area contributed by atoms with Crippen molar-refractivity contribution in [3.05, 3.63) is 211 Å². The zero-order valence-electron chi connectivity index (χ0n) is 68.1. The van der Waals surface area contributed by atoms with Crippen molar-refractivity contribution in [3.63, 3.8) is 0 Å². The Morgan fingerprint density at radius 2 is 0.635 bits per heavy atom. The zero-order chi connectivity index (χ0) is 92.5. The van der Waals surface area contributed by atoms with Gasteiger partial charge < -0.3 is 70.4 Å². The van der Waals surface area contributed by atoms with Crippen molar-refractivity contribution in [1.82, 2.24) is 37.2 Å². The lowest BCUT2D eigenvalue weighted by Gasteiger charge is -2.25. The fourth-order valence-corrected chi connectivity index (χ4v) is 12.9. The molecule has 21 nitrogen and oxygen atoms in total. The van der Waals surface area contributed by atoms with E-state index in [0.29, 0.717) is 166 Å². The Labute approximate surface area is 711 Å². The molecule has 694 valence electrons. The topological polar surface area (TPSA) is 268 Å². The van der Waals surface area contributed by atoms with Gasteiger partial charge in [-0.05, 0) is 268 Å². The van der Waals surface area contributed by atoms with Gasteiger partial charge in [0, 0.05) is 0 Å². The Kier molecular flexibility index (Phi) is 40.8. The lowest BCUT2D eigenvalue weighted by Crippen LogP contribution is -2.41. The number of ether oxygens (including phenoxy) is 7. The number of nitrogens with one attached hydrogen (secondary N) is 7. The van der Waals surface area contributed by atoms with Gasteiger partial charge in [0.15, 0.2) is 58.2 Å². The van der Waals surface area contributed by atoms with Crippen LogP contribution >= 0.6 is 0 Å². The number of esters is 7. The van der Waals surface area contributed by atoms with E-state index >= 15 is 0 Å². The molecule has 13 rings (SSSR count). The van der Waals surface area contributed by atoms with Gasteiger partial charge in [0.2, 0.25) is 0 Å². The number of alkyl halides is 10. The Balaban J connectivity index is 0.000000202. The summed E-state index contributed by atoms with van der Waals surface area (Å²) >= 11 is 0. The molecule has 0 spiro atoms. The zero-order valence-corrected chi connectivity index (χ0v) is 68.1. The van der Waals surface area contributed by atoms with Gasteiger partial charge in [-0.15, -0.1) is 0 Å². The Hall–Kier alpha value is -10.1. The third-order valence-electron chi connectivity index (χ3n) is 19.7. The SMILES string of the molecule is CC(F)(F)CC(F)(F)C(=O)OC1CCNCC1.Cc1ccc(C(=O)OC2CCNCC2)cc1.O=C(OC1CCNCC1)c1cc(F)c(F)c(F)c1.O=C(OC1CCNCC1)c1cc(F)c(F)c(F)c1F.O=C(OC1CCNCC1)c1ccc(F)c(F)c1F.O=C(OC1CCNCC1)c1cccc(C(F)(F)F)c1.O=C(OC1CCNCC1)c1ccccc1C(F)(F)F. The summed E-state index contributed by atoms with van der Waals surface area (Å²) in [5.41, 5.74) is -2.31. The number of carbonyl (C=O) groups excluding carboxylic acids is 7. The van der Waals surface area contributed by atoms with Crippen LogP contribution in [0.3, 0.4) is 0 Å². The Bertz CT molecular complexity index is 4500. The highest BCUT2D eigenvalue weighted by atomic mass is 19.4. The highest BCUT2D eigenvalue weighted by Crippen LogP contribution is 2.35. The van der Waals surface area contributed by atoms with Crippen LogP contribution in [0.15, 0.2) is 103 Å². The van der Waals surface area contributed by atoms with Crippen LogP contribution < -0.4 is 37.2 Å². The molecule has 0 amide bonds. The van der Waals surface area contributed by atoms with Crippen LogP contribution in [-0.2, 0) is 50.3 Å². The predicted octanol–water partition coefficient (Wildman–Crippen LogP) is 15.3. The van der Waals surface area contributed by atoms with Crippen molar-refractivity contribution in [2.24, 2.45) is 0 Å². The molecule has 7 aliphatic heterocycles. The summed E-state index contributed by atoms with van der Waals surface area (Å²) in [5.74, 6) is -30.6. The quantitative estimate of drug-likeness (QED) is 0.0156. The molecule has 0 bridgehead atoms. The molecule has 0 radical (unpaired) electrons. The number of aryl methyl sites for hydroxylation is 1. The molecule has 126 heavy (non-hydrogen) atoms. The summed E-state index contributed by atoms with van der Waals surface area (Å²) in [5, 5.41) is 21.6. The number of hydrogen-bond acceptors (Lipinski definition) is 21. The van der Waals surface area contributed by atoms with Gasteiger partial charge in [-0.2, -0.15) is 35.1 Å². The maximum absolute atomic E-state index is 13.4. The number of halogens is 20. The third-order valence-corrected chi connectivity index (χ3v) is 19.7. The Morgan fingerprint density at radius 1 is 0.302 bits per heavy atom. The predicted molar refractivity (Wildman–Crippen MR) is 413 cm³/mol. The van der Waals surface area contributed by atoms with Crippen molar-refractivity contribution in [2.75, 3.05) is 91.6 Å². The van der Waals surface area contributed by atoms with Gasteiger partial charge in [-0.1, -0.05) is 35.9 Å². The molecule has 41 heteroatoms. The average molecular weight is 1820 g/mol. The summed E-state index contributed by atoms with van der Waals surface area (Å²) < 4.78 is 292. The van der Waals surface area contributed by atoms with Crippen LogP contribution in [-0.4, -0.2) is 188 Å². The smallest absolute Gasteiger partial charge is 0.417 e. The second-order valence-electron chi connectivity index (χ2n) is 29.7. The van der Waals surface area contributed by atoms with Crippen molar-refractivity contribution in [1.29, 1.82) is 0 Å². The van der Waals surface area contributed by atoms with E-state index in [1.165, 1.54) is 24.3 Å². The first kappa shape index (κ1) is 103. The van der Waals surface area contributed by atoms with Gasteiger partial charge in [0.25, 0.3) is 5.92 Å². The maximum atomic E-state index is 13.4. The molecule has 7 N–H and O–H groups in total. The highest BCUT2D eigenvalue weighted by molar-refractivity contribution is 5.93. The normalized spacial score (nSPS) is 17.2. The first-order valence-electron chi connectivity index (χ1n) is 40.3. The molecule has 7 heterocycles. The molecule has 6 aromatic carbocycles. The summed E-state index contributed by atoms with van der Waals surface area (Å²) in [6, 6.07) is 19.7. The van der Waals surface area contributed by atoms with Crippen molar-refractivity contribution < 1.29 is 155 Å². The number of benzene rings is 6. The van der Waals surface area contributed by atoms with Gasteiger partial charge >= 0.3 is 60.1 Å². The van der Waals surface area contributed by atoms with E-state index in [1.54, 1.807) is 0 Å². The van der Waals surface area contributed by atoms with Crippen LogP contribution in [0, 0.1) is 65.1 Å². The number of piperidine rings is 7. The average Bonchev–Trinajstić information content (AvgIpc) is 0.809. The van der Waals surface area contributed by atoms with E-state index in [0.717, 1.165) is 88.0 Å². The fraction of sp³-hybridized carbons (Fsp3) is 0.494. The van der Waals surface area contributed by atoms with E-state index in [2.05, 4.69) is 42.0 Å². The lowest BCUT2D eigenvalue weighted by molar-refractivity contribution is -0.189. The molecule has 0 aliphatic carbocycles. The van der Waals surface area contributed by atoms with Crippen LogP contribution in [0.25, 0.3) is 0 Å². The minimum Gasteiger partial charge on any atom is -0.459 e.